The zero-order chi connectivity index (χ0) is 24.4. The summed E-state index contributed by atoms with van der Waals surface area (Å²) in [5.74, 6) is 2.08. The van der Waals surface area contributed by atoms with Crippen LogP contribution in [-0.2, 0) is 6.42 Å². The Balaban J connectivity index is 1.25. The molecular weight excluding hydrogens is 440 g/mol. The van der Waals surface area contributed by atoms with Gasteiger partial charge in [0.2, 0.25) is 0 Å². The minimum absolute atomic E-state index is 0.184. The Morgan fingerprint density at radius 1 is 1.14 bits per heavy atom. The number of benzene rings is 2. The molecule has 3 aromatic rings. The van der Waals surface area contributed by atoms with Crippen LogP contribution in [0.1, 0.15) is 31.2 Å². The number of hydrogen-bond acceptors (Lipinski definition) is 5. The second-order valence-corrected chi connectivity index (χ2v) is 9.58. The summed E-state index contributed by atoms with van der Waals surface area (Å²) in [5.41, 5.74) is 3.27. The molecule has 0 saturated carbocycles. The van der Waals surface area contributed by atoms with Gasteiger partial charge in [-0.05, 0) is 43.9 Å². The maximum atomic E-state index is 13.5. The Morgan fingerprint density at radius 3 is 2.69 bits per heavy atom. The molecule has 2 amide bonds. The largest absolute Gasteiger partial charge is 0.496 e. The third-order valence-electron chi connectivity index (χ3n) is 7.24. The molecule has 0 bridgehead atoms. The molecule has 3 heterocycles. The fraction of sp³-hybridized carbons (Fsp3) is 0.429. The lowest BCUT2D eigenvalue weighted by atomic mass is 10.0. The van der Waals surface area contributed by atoms with E-state index in [4.69, 9.17) is 9.15 Å². The smallest absolute Gasteiger partial charge is 0.320 e. The van der Waals surface area contributed by atoms with Gasteiger partial charge in [-0.2, -0.15) is 0 Å². The minimum atomic E-state index is 0.184. The number of urea groups is 1. The fourth-order valence-corrected chi connectivity index (χ4v) is 5.43. The molecule has 7 nitrogen and oxygen atoms in total. The van der Waals surface area contributed by atoms with Gasteiger partial charge in [0, 0.05) is 56.9 Å². The second kappa shape index (κ2) is 10.0. The van der Waals surface area contributed by atoms with E-state index in [1.54, 1.807) is 13.3 Å². The van der Waals surface area contributed by atoms with Crippen molar-refractivity contribution in [3.63, 3.8) is 0 Å². The quantitative estimate of drug-likeness (QED) is 0.521. The van der Waals surface area contributed by atoms with Crippen LogP contribution < -0.4 is 9.64 Å². The molecule has 7 heteroatoms. The number of carbonyl (C=O) groups is 1. The number of aromatic nitrogens is 1. The SMILES string of the molecule is COc1cc(N2CCN(C(=O)N3CCCC3Cc3ccccc3)C[C@@H]2C)ccc1-c1cnc(C)o1. The van der Waals surface area contributed by atoms with Crippen molar-refractivity contribution in [2.45, 2.75) is 45.2 Å². The Kier molecular flexibility index (Phi) is 6.66. The van der Waals surface area contributed by atoms with Crippen LogP contribution in [0.15, 0.2) is 59.1 Å². The lowest BCUT2D eigenvalue weighted by Gasteiger charge is -2.43. The Labute approximate surface area is 207 Å². The molecule has 2 saturated heterocycles. The average Bonchev–Trinajstić information content (AvgIpc) is 3.52. The van der Waals surface area contributed by atoms with Crippen molar-refractivity contribution >= 4 is 11.7 Å². The molecule has 1 unspecified atom stereocenters. The molecule has 184 valence electrons. The molecule has 2 atom stereocenters. The van der Waals surface area contributed by atoms with Gasteiger partial charge in [-0.15, -0.1) is 0 Å². The van der Waals surface area contributed by atoms with E-state index in [-0.39, 0.29) is 18.1 Å². The van der Waals surface area contributed by atoms with Crippen molar-refractivity contribution in [2.24, 2.45) is 0 Å². The average molecular weight is 475 g/mol. The summed E-state index contributed by atoms with van der Waals surface area (Å²) in [5, 5.41) is 0. The molecule has 2 fully saturated rings. The van der Waals surface area contributed by atoms with Crippen LogP contribution in [0.4, 0.5) is 10.5 Å². The molecular formula is C28H34N4O3. The molecule has 0 aliphatic carbocycles. The highest BCUT2D eigenvalue weighted by Gasteiger charge is 2.35. The molecule has 35 heavy (non-hydrogen) atoms. The normalized spacial score (nSPS) is 20.4. The predicted molar refractivity (Wildman–Crippen MR) is 137 cm³/mol. The van der Waals surface area contributed by atoms with Crippen molar-refractivity contribution in [1.82, 2.24) is 14.8 Å². The number of anilines is 1. The highest BCUT2D eigenvalue weighted by Crippen LogP contribution is 2.35. The van der Waals surface area contributed by atoms with E-state index in [1.165, 1.54) is 5.56 Å². The number of amides is 2. The second-order valence-electron chi connectivity index (χ2n) is 9.58. The molecule has 2 aliphatic heterocycles. The van der Waals surface area contributed by atoms with Crippen LogP contribution in [0, 0.1) is 6.92 Å². The molecule has 2 aromatic carbocycles. The number of rotatable bonds is 5. The van der Waals surface area contributed by atoms with E-state index in [2.05, 4.69) is 58.1 Å². The van der Waals surface area contributed by atoms with Gasteiger partial charge in [0.25, 0.3) is 0 Å². The summed E-state index contributed by atoms with van der Waals surface area (Å²) in [7, 11) is 1.67. The van der Waals surface area contributed by atoms with Crippen LogP contribution >= 0.6 is 0 Å². The summed E-state index contributed by atoms with van der Waals surface area (Å²) < 4.78 is 11.4. The zero-order valence-electron chi connectivity index (χ0n) is 20.8. The van der Waals surface area contributed by atoms with Crippen LogP contribution in [0.2, 0.25) is 0 Å². The maximum absolute atomic E-state index is 13.5. The molecule has 2 aliphatic rings. The lowest BCUT2D eigenvalue weighted by molar-refractivity contribution is 0.139. The number of aryl methyl sites for hydroxylation is 1. The van der Waals surface area contributed by atoms with Crippen molar-refractivity contribution in [1.29, 1.82) is 0 Å². The Morgan fingerprint density at radius 2 is 1.97 bits per heavy atom. The van der Waals surface area contributed by atoms with E-state index in [0.29, 0.717) is 24.7 Å². The van der Waals surface area contributed by atoms with Gasteiger partial charge in [-0.3, -0.25) is 0 Å². The van der Waals surface area contributed by atoms with Gasteiger partial charge in [-0.25, -0.2) is 9.78 Å². The van der Waals surface area contributed by atoms with Crippen LogP contribution in [0.5, 0.6) is 5.75 Å². The first-order chi connectivity index (χ1) is 17.0. The summed E-state index contributed by atoms with van der Waals surface area (Å²) >= 11 is 0. The lowest BCUT2D eigenvalue weighted by Crippen LogP contribution is -2.57. The molecule has 0 radical (unpaired) electrons. The third kappa shape index (κ3) is 4.85. The number of carbonyl (C=O) groups excluding carboxylic acids is 1. The molecule has 0 N–H and O–H groups in total. The maximum Gasteiger partial charge on any atom is 0.320 e. The van der Waals surface area contributed by atoms with Crippen molar-refractivity contribution < 1.29 is 13.9 Å². The van der Waals surface area contributed by atoms with Gasteiger partial charge in [0.1, 0.15) is 5.75 Å². The van der Waals surface area contributed by atoms with Gasteiger partial charge < -0.3 is 23.9 Å². The molecule has 0 spiro atoms. The van der Waals surface area contributed by atoms with Gasteiger partial charge in [0.05, 0.1) is 18.9 Å². The first-order valence-electron chi connectivity index (χ1n) is 12.5. The molecule has 1 aromatic heterocycles. The summed E-state index contributed by atoms with van der Waals surface area (Å²) in [6.45, 7) is 7.07. The Hall–Kier alpha value is -3.48. The van der Waals surface area contributed by atoms with E-state index >= 15 is 0 Å². The number of nitrogens with zero attached hydrogens (tertiary/aromatic N) is 4. The van der Waals surface area contributed by atoms with Gasteiger partial charge >= 0.3 is 6.03 Å². The third-order valence-corrected chi connectivity index (χ3v) is 7.24. The number of ether oxygens (including phenoxy) is 1. The summed E-state index contributed by atoms with van der Waals surface area (Å²) in [4.78, 5) is 24.2. The highest BCUT2D eigenvalue weighted by molar-refractivity contribution is 5.76. The number of hydrogen-bond donors (Lipinski definition) is 0. The van der Waals surface area contributed by atoms with Crippen LogP contribution in [0.3, 0.4) is 0 Å². The summed E-state index contributed by atoms with van der Waals surface area (Å²) in [6, 6.07) is 17.4. The monoisotopic (exact) mass is 474 g/mol. The summed E-state index contributed by atoms with van der Waals surface area (Å²) in [6.07, 6.45) is 4.81. The van der Waals surface area contributed by atoms with E-state index < -0.39 is 0 Å². The number of oxazole rings is 1. The standard InChI is InChI=1S/C28H34N4O3/c1-20-19-30(28(33)32-13-7-10-23(32)16-22-8-5-4-6-9-22)14-15-31(20)24-11-12-25(26(17-24)34-3)27-18-29-21(2)35-27/h4-6,8-9,11-12,17-18,20,23H,7,10,13-16,19H2,1-3H3/t20-,23?/m0/s1. The first-order valence-corrected chi connectivity index (χ1v) is 12.5. The predicted octanol–water partition coefficient (Wildman–Crippen LogP) is 5.00. The van der Waals surface area contributed by atoms with Crippen LogP contribution in [0.25, 0.3) is 11.3 Å². The Bertz CT molecular complexity index is 1160. The van der Waals surface area contributed by atoms with Crippen molar-refractivity contribution in [3.8, 4) is 17.1 Å². The topological polar surface area (TPSA) is 62.1 Å². The van der Waals surface area contributed by atoms with E-state index in [1.807, 2.05) is 24.0 Å². The zero-order valence-corrected chi connectivity index (χ0v) is 20.8. The van der Waals surface area contributed by atoms with E-state index in [9.17, 15) is 4.79 Å². The highest BCUT2D eigenvalue weighted by atomic mass is 16.5. The fourth-order valence-electron chi connectivity index (χ4n) is 5.43. The minimum Gasteiger partial charge on any atom is -0.496 e. The first kappa shape index (κ1) is 23.3. The van der Waals surface area contributed by atoms with Gasteiger partial charge in [0.15, 0.2) is 11.7 Å². The number of likely N-dealkylation sites (tertiary alicyclic amines) is 1. The van der Waals surface area contributed by atoms with Crippen molar-refractivity contribution in [3.05, 3.63) is 66.2 Å². The number of piperazine rings is 1. The van der Waals surface area contributed by atoms with Crippen molar-refractivity contribution in [2.75, 3.05) is 38.2 Å². The number of methoxy groups -OCH3 is 1. The van der Waals surface area contributed by atoms with Gasteiger partial charge in [-0.1, -0.05) is 30.3 Å². The molecule has 5 rings (SSSR count). The van der Waals surface area contributed by atoms with Crippen LogP contribution in [-0.4, -0.2) is 66.2 Å². The van der Waals surface area contributed by atoms with E-state index in [0.717, 1.165) is 49.4 Å².